The van der Waals surface area contributed by atoms with Crippen LogP contribution in [0.15, 0.2) is 29.4 Å². The molecule has 1 aromatic heterocycles. The first-order valence-electron chi connectivity index (χ1n) is 6.71. The molecule has 5 nitrogen and oxygen atoms in total. The monoisotopic (exact) mass is 327 g/mol. The number of rotatable bonds is 8. The van der Waals surface area contributed by atoms with Crippen molar-refractivity contribution in [2.24, 2.45) is 7.05 Å². The third kappa shape index (κ3) is 4.91. The van der Waals surface area contributed by atoms with Gasteiger partial charge in [-0.05, 0) is 37.1 Å². The summed E-state index contributed by atoms with van der Waals surface area (Å²) in [7, 11) is 1.93. The Labute approximate surface area is 133 Å². The van der Waals surface area contributed by atoms with Gasteiger partial charge in [0.1, 0.15) is 12.4 Å². The largest absolute Gasteiger partial charge is 0.486 e. The summed E-state index contributed by atoms with van der Waals surface area (Å²) in [5.74, 6) is 2.44. The Balaban J connectivity index is 1.86. The van der Waals surface area contributed by atoms with Gasteiger partial charge in [-0.3, -0.25) is 0 Å². The number of aliphatic hydroxyl groups is 1. The number of hydrogen-bond donors (Lipinski definition) is 1. The van der Waals surface area contributed by atoms with E-state index in [4.69, 9.17) is 21.4 Å². The maximum Gasteiger partial charge on any atom is 0.191 e. The van der Waals surface area contributed by atoms with Crippen LogP contribution in [0.25, 0.3) is 0 Å². The molecule has 0 aliphatic heterocycles. The van der Waals surface area contributed by atoms with E-state index < -0.39 is 0 Å². The van der Waals surface area contributed by atoms with Gasteiger partial charge >= 0.3 is 0 Å². The van der Waals surface area contributed by atoms with Crippen LogP contribution in [0, 0.1) is 0 Å². The molecule has 0 amide bonds. The molecule has 0 radical (unpaired) electrons. The van der Waals surface area contributed by atoms with Gasteiger partial charge in [0, 0.05) is 24.4 Å². The zero-order valence-corrected chi connectivity index (χ0v) is 13.4. The first-order chi connectivity index (χ1) is 10.2. The summed E-state index contributed by atoms with van der Waals surface area (Å²) in [6, 6.07) is 7.22. The SMILES string of the molecule is Cn1c(COc2ccc(Cl)cc2)nnc1SCCCCO. The van der Waals surface area contributed by atoms with Crippen LogP contribution in [0.3, 0.4) is 0 Å². The van der Waals surface area contributed by atoms with E-state index in [0.29, 0.717) is 11.6 Å². The Morgan fingerprint density at radius 3 is 2.71 bits per heavy atom. The normalized spacial score (nSPS) is 10.8. The van der Waals surface area contributed by atoms with E-state index in [-0.39, 0.29) is 6.61 Å². The molecular weight excluding hydrogens is 310 g/mol. The van der Waals surface area contributed by atoms with Crippen LogP contribution in [-0.2, 0) is 13.7 Å². The Morgan fingerprint density at radius 1 is 1.24 bits per heavy atom. The molecule has 0 fully saturated rings. The van der Waals surface area contributed by atoms with Gasteiger partial charge in [-0.1, -0.05) is 23.4 Å². The summed E-state index contributed by atoms with van der Waals surface area (Å²) in [6.45, 7) is 0.599. The van der Waals surface area contributed by atoms with Crippen molar-refractivity contribution in [2.45, 2.75) is 24.6 Å². The number of benzene rings is 1. The number of thioether (sulfide) groups is 1. The Morgan fingerprint density at radius 2 is 2.00 bits per heavy atom. The topological polar surface area (TPSA) is 60.2 Å². The van der Waals surface area contributed by atoms with Crippen molar-refractivity contribution < 1.29 is 9.84 Å². The fraction of sp³-hybridized carbons (Fsp3) is 0.429. The van der Waals surface area contributed by atoms with Gasteiger partial charge < -0.3 is 14.4 Å². The van der Waals surface area contributed by atoms with E-state index in [9.17, 15) is 0 Å². The summed E-state index contributed by atoms with van der Waals surface area (Å²) >= 11 is 7.46. The maximum atomic E-state index is 8.75. The van der Waals surface area contributed by atoms with Crippen molar-refractivity contribution in [3.8, 4) is 5.75 Å². The van der Waals surface area contributed by atoms with Crippen molar-refractivity contribution in [2.75, 3.05) is 12.4 Å². The molecule has 1 aromatic carbocycles. The Bertz CT molecular complexity index is 560. The van der Waals surface area contributed by atoms with Gasteiger partial charge in [0.2, 0.25) is 0 Å². The summed E-state index contributed by atoms with van der Waals surface area (Å²) in [4.78, 5) is 0. The van der Waals surface area contributed by atoms with Crippen molar-refractivity contribution in [3.63, 3.8) is 0 Å². The molecule has 0 spiro atoms. The predicted molar refractivity (Wildman–Crippen MR) is 83.8 cm³/mol. The third-order valence-corrected chi connectivity index (χ3v) is 4.25. The molecule has 114 valence electrons. The van der Waals surface area contributed by atoms with Gasteiger partial charge in [-0.15, -0.1) is 10.2 Å². The van der Waals surface area contributed by atoms with Crippen molar-refractivity contribution in [1.82, 2.24) is 14.8 Å². The fourth-order valence-corrected chi connectivity index (χ4v) is 2.71. The Hall–Kier alpha value is -1.24. The summed E-state index contributed by atoms with van der Waals surface area (Å²) in [5, 5.41) is 18.6. The highest BCUT2D eigenvalue weighted by Gasteiger charge is 2.09. The first kappa shape index (κ1) is 16.1. The summed E-state index contributed by atoms with van der Waals surface area (Å²) < 4.78 is 7.59. The lowest BCUT2D eigenvalue weighted by Crippen LogP contribution is -2.04. The zero-order valence-electron chi connectivity index (χ0n) is 11.8. The van der Waals surface area contributed by atoms with Gasteiger partial charge in [0.15, 0.2) is 11.0 Å². The van der Waals surface area contributed by atoms with Crippen LogP contribution in [-0.4, -0.2) is 32.2 Å². The van der Waals surface area contributed by atoms with Crippen LogP contribution in [0.1, 0.15) is 18.7 Å². The highest BCUT2D eigenvalue weighted by atomic mass is 35.5. The minimum atomic E-state index is 0.236. The lowest BCUT2D eigenvalue weighted by molar-refractivity contribution is 0.287. The average molecular weight is 328 g/mol. The predicted octanol–water partition coefficient (Wildman–Crippen LogP) is 2.91. The molecule has 2 aromatic rings. The second-order valence-electron chi connectivity index (χ2n) is 4.48. The summed E-state index contributed by atoms with van der Waals surface area (Å²) in [5.41, 5.74) is 0. The van der Waals surface area contributed by atoms with Crippen LogP contribution in [0.4, 0.5) is 0 Å². The number of aliphatic hydroxyl groups excluding tert-OH is 1. The molecule has 0 bridgehead atoms. The highest BCUT2D eigenvalue weighted by Crippen LogP contribution is 2.19. The lowest BCUT2D eigenvalue weighted by atomic mass is 10.3. The van der Waals surface area contributed by atoms with E-state index in [1.165, 1.54) is 0 Å². The molecular formula is C14H18ClN3O2S. The molecule has 0 aliphatic rings. The van der Waals surface area contributed by atoms with Crippen LogP contribution >= 0.6 is 23.4 Å². The second kappa shape index (κ2) is 8.26. The van der Waals surface area contributed by atoms with Crippen molar-refractivity contribution in [1.29, 1.82) is 0 Å². The van der Waals surface area contributed by atoms with E-state index in [1.54, 1.807) is 23.9 Å². The van der Waals surface area contributed by atoms with Gasteiger partial charge in [0.25, 0.3) is 0 Å². The second-order valence-corrected chi connectivity index (χ2v) is 5.98. The maximum absolute atomic E-state index is 8.75. The van der Waals surface area contributed by atoms with E-state index in [1.807, 2.05) is 23.7 Å². The van der Waals surface area contributed by atoms with E-state index in [2.05, 4.69) is 10.2 Å². The zero-order chi connectivity index (χ0) is 15.1. The molecule has 21 heavy (non-hydrogen) atoms. The smallest absolute Gasteiger partial charge is 0.191 e. The molecule has 1 N–H and O–H groups in total. The number of halogens is 1. The van der Waals surface area contributed by atoms with Gasteiger partial charge in [-0.2, -0.15) is 0 Å². The highest BCUT2D eigenvalue weighted by molar-refractivity contribution is 7.99. The van der Waals surface area contributed by atoms with Crippen LogP contribution < -0.4 is 4.74 Å². The molecule has 0 saturated carbocycles. The molecule has 0 unspecified atom stereocenters. The quantitative estimate of drug-likeness (QED) is 0.596. The fourth-order valence-electron chi connectivity index (χ4n) is 1.65. The van der Waals surface area contributed by atoms with Crippen LogP contribution in [0.5, 0.6) is 5.75 Å². The molecule has 0 saturated heterocycles. The Kier molecular flexibility index (Phi) is 6.35. The minimum Gasteiger partial charge on any atom is -0.486 e. The first-order valence-corrected chi connectivity index (χ1v) is 8.07. The van der Waals surface area contributed by atoms with E-state index >= 15 is 0 Å². The molecule has 1 heterocycles. The molecule has 7 heteroatoms. The lowest BCUT2D eigenvalue weighted by Gasteiger charge is -2.06. The number of hydrogen-bond acceptors (Lipinski definition) is 5. The van der Waals surface area contributed by atoms with Crippen LogP contribution in [0.2, 0.25) is 5.02 Å². The standard InChI is InChI=1S/C14H18ClN3O2S/c1-18-13(10-20-12-6-4-11(15)5-7-12)16-17-14(18)21-9-3-2-8-19/h4-7,19H,2-3,8-10H2,1H3. The number of aromatic nitrogens is 3. The van der Waals surface area contributed by atoms with Crippen molar-refractivity contribution in [3.05, 3.63) is 35.1 Å². The molecule has 0 atom stereocenters. The molecule has 0 aliphatic carbocycles. The van der Waals surface area contributed by atoms with E-state index in [0.717, 1.165) is 35.3 Å². The summed E-state index contributed by atoms with van der Waals surface area (Å²) in [6.07, 6.45) is 1.78. The molecule has 2 rings (SSSR count). The average Bonchev–Trinajstić information content (AvgIpc) is 2.84. The number of unbranched alkanes of at least 4 members (excludes halogenated alkanes) is 1. The van der Waals surface area contributed by atoms with Gasteiger partial charge in [0.05, 0.1) is 0 Å². The van der Waals surface area contributed by atoms with Gasteiger partial charge in [-0.25, -0.2) is 0 Å². The van der Waals surface area contributed by atoms with Crippen molar-refractivity contribution >= 4 is 23.4 Å². The third-order valence-electron chi connectivity index (χ3n) is 2.89. The minimum absolute atomic E-state index is 0.236. The number of ether oxygens (including phenoxy) is 1. The number of nitrogens with zero attached hydrogens (tertiary/aromatic N) is 3.